The first kappa shape index (κ1) is 16.4. The van der Waals surface area contributed by atoms with Crippen molar-refractivity contribution >= 4 is 22.8 Å². The zero-order valence-corrected chi connectivity index (χ0v) is 14.5. The summed E-state index contributed by atoms with van der Waals surface area (Å²) in [4.78, 5) is 33.4. The molecule has 0 unspecified atom stereocenters. The summed E-state index contributed by atoms with van der Waals surface area (Å²) in [6.07, 6.45) is 3.24. The molecule has 1 amide bonds. The zero-order valence-electron chi connectivity index (χ0n) is 14.5. The highest BCUT2D eigenvalue weighted by Gasteiger charge is 2.42. The summed E-state index contributed by atoms with van der Waals surface area (Å²) in [5, 5.41) is 10.4. The van der Waals surface area contributed by atoms with Gasteiger partial charge in [-0.1, -0.05) is 12.1 Å². The lowest BCUT2D eigenvalue weighted by Crippen LogP contribution is -2.30. The Morgan fingerprint density at radius 1 is 1.31 bits per heavy atom. The van der Waals surface area contributed by atoms with E-state index < -0.39 is 11.9 Å². The number of amides is 1. The van der Waals surface area contributed by atoms with E-state index >= 15 is 0 Å². The van der Waals surface area contributed by atoms with Crippen LogP contribution in [0.5, 0.6) is 0 Å². The Kier molecular flexibility index (Phi) is 3.79. The van der Waals surface area contributed by atoms with Crippen LogP contribution in [0.4, 0.5) is 0 Å². The number of carboxylic acids is 1. The third-order valence-corrected chi connectivity index (χ3v) is 5.08. The second kappa shape index (κ2) is 6.01. The molecule has 2 N–H and O–H groups in total. The number of nitrogens with zero attached hydrogens (tertiary/aromatic N) is 2. The molecule has 1 fully saturated rings. The molecular formula is C19H19N3O4. The second-order valence-corrected chi connectivity index (χ2v) is 6.79. The summed E-state index contributed by atoms with van der Waals surface area (Å²) in [6.45, 7) is 4.24. The first-order valence-electron chi connectivity index (χ1n) is 8.47. The van der Waals surface area contributed by atoms with E-state index in [1.165, 1.54) is 0 Å². The van der Waals surface area contributed by atoms with Crippen molar-refractivity contribution in [3.8, 4) is 0 Å². The van der Waals surface area contributed by atoms with E-state index in [1.807, 2.05) is 32.0 Å². The van der Waals surface area contributed by atoms with Crippen LogP contribution in [0.15, 0.2) is 35.0 Å². The van der Waals surface area contributed by atoms with E-state index in [0.29, 0.717) is 18.0 Å². The molecule has 0 aliphatic carbocycles. The predicted molar refractivity (Wildman–Crippen MR) is 94.0 cm³/mol. The molecule has 7 nitrogen and oxygen atoms in total. The molecule has 7 heteroatoms. The molecule has 3 heterocycles. The number of likely N-dealkylation sites (tertiary alicyclic amines) is 1. The lowest BCUT2D eigenvalue weighted by Gasteiger charge is -2.14. The number of aromatic nitrogens is 2. The van der Waals surface area contributed by atoms with Gasteiger partial charge in [0.25, 0.3) is 5.91 Å². The van der Waals surface area contributed by atoms with Crippen molar-refractivity contribution in [2.24, 2.45) is 5.92 Å². The van der Waals surface area contributed by atoms with Crippen LogP contribution in [0.25, 0.3) is 11.0 Å². The van der Waals surface area contributed by atoms with Crippen molar-refractivity contribution in [2.45, 2.75) is 19.8 Å². The predicted octanol–water partition coefficient (Wildman–Crippen LogP) is 2.71. The number of hydrogen-bond acceptors (Lipinski definition) is 4. The van der Waals surface area contributed by atoms with Gasteiger partial charge in [-0.05, 0) is 25.5 Å². The number of H-pyrrole nitrogens is 1. The molecule has 1 aromatic carbocycles. The van der Waals surface area contributed by atoms with Crippen molar-refractivity contribution in [1.82, 2.24) is 14.9 Å². The van der Waals surface area contributed by atoms with Crippen LogP contribution >= 0.6 is 0 Å². The molecule has 3 aromatic rings. The van der Waals surface area contributed by atoms with Gasteiger partial charge in [0.1, 0.15) is 11.4 Å². The lowest BCUT2D eigenvalue weighted by atomic mass is 9.96. The van der Waals surface area contributed by atoms with Crippen LogP contribution in [-0.2, 0) is 4.79 Å². The maximum absolute atomic E-state index is 13.0. The molecule has 1 aliphatic heterocycles. The topological polar surface area (TPSA) is 99.4 Å². The van der Waals surface area contributed by atoms with Gasteiger partial charge in [-0.2, -0.15) is 0 Å². The fraction of sp³-hybridized carbons (Fsp3) is 0.316. The number of nitrogens with one attached hydrogen (secondary N) is 1. The highest BCUT2D eigenvalue weighted by Crippen LogP contribution is 2.34. The van der Waals surface area contributed by atoms with E-state index in [-0.39, 0.29) is 24.1 Å². The molecule has 2 aromatic heterocycles. The molecule has 0 radical (unpaired) electrons. The molecule has 2 atom stereocenters. The molecule has 0 saturated carbocycles. The third-order valence-electron chi connectivity index (χ3n) is 5.08. The minimum atomic E-state index is -0.932. The van der Waals surface area contributed by atoms with E-state index in [9.17, 15) is 14.7 Å². The van der Waals surface area contributed by atoms with Gasteiger partial charge in [-0.3, -0.25) is 9.59 Å². The Hall–Kier alpha value is -3.09. The van der Waals surface area contributed by atoms with Crippen molar-refractivity contribution in [3.05, 3.63) is 53.3 Å². The molecule has 4 rings (SSSR count). The quantitative estimate of drug-likeness (QED) is 0.754. The number of imidazole rings is 1. The van der Waals surface area contributed by atoms with Gasteiger partial charge in [0.15, 0.2) is 5.76 Å². The van der Waals surface area contributed by atoms with Crippen molar-refractivity contribution in [1.29, 1.82) is 0 Å². The maximum Gasteiger partial charge on any atom is 0.309 e. The van der Waals surface area contributed by atoms with Crippen molar-refractivity contribution in [2.75, 3.05) is 13.1 Å². The number of hydrogen-bond donors (Lipinski definition) is 2. The van der Waals surface area contributed by atoms with Gasteiger partial charge in [0, 0.05) is 42.4 Å². The fourth-order valence-corrected chi connectivity index (χ4v) is 3.66. The van der Waals surface area contributed by atoms with Gasteiger partial charge < -0.3 is 19.4 Å². The number of carbonyl (C=O) groups is 2. The number of furan rings is 1. The standard InChI is InChI=1S/C19H19N3O4/c1-10-3-4-12-11(2)16(26-15(12)7-10)18(23)22-8-13(14(9-22)19(24)25)17-20-5-6-21-17/h3-7,13-14H,8-9H2,1-2H3,(H,20,21)(H,24,25)/t13-,14-/m0/s1. The van der Waals surface area contributed by atoms with Gasteiger partial charge >= 0.3 is 5.97 Å². The highest BCUT2D eigenvalue weighted by atomic mass is 16.4. The van der Waals surface area contributed by atoms with Crippen molar-refractivity contribution in [3.63, 3.8) is 0 Å². The summed E-state index contributed by atoms with van der Waals surface area (Å²) in [6, 6.07) is 5.81. The summed E-state index contributed by atoms with van der Waals surface area (Å²) in [5.41, 5.74) is 2.50. The van der Waals surface area contributed by atoms with E-state index in [0.717, 1.165) is 16.5 Å². The van der Waals surface area contributed by atoms with E-state index in [4.69, 9.17) is 4.42 Å². The largest absolute Gasteiger partial charge is 0.481 e. The number of aliphatic carboxylic acids is 1. The number of rotatable bonds is 3. The smallest absolute Gasteiger partial charge is 0.309 e. The third kappa shape index (κ3) is 2.56. The molecule has 0 spiro atoms. The minimum absolute atomic E-state index is 0.134. The number of fused-ring (bicyclic) bond motifs is 1. The summed E-state index contributed by atoms with van der Waals surface area (Å²) >= 11 is 0. The number of carboxylic acid groups (broad SMARTS) is 1. The molecule has 26 heavy (non-hydrogen) atoms. The second-order valence-electron chi connectivity index (χ2n) is 6.79. The number of carbonyl (C=O) groups excluding carboxylic acids is 1. The number of aromatic amines is 1. The fourth-order valence-electron chi connectivity index (χ4n) is 3.66. The Balaban J connectivity index is 1.66. The maximum atomic E-state index is 13.0. The van der Waals surface area contributed by atoms with E-state index in [2.05, 4.69) is 9.97 Å². The van der Waals surface area contributed by atoms with Crippen LogP contribution in [0.1, 0.15) is 33.4 Å². The van der Waals surface area contributed by atoms with Gasteiger partial charge in [-0.15, -0.1) is 0 Å². The van der Waals surface area contributed by atoms with Crippen LogP contribution in [0.2, 0.25) is 0 Å². The highest BCUT2D eigenvalue weighted by molar-refractivity contribution is 5.99. The average molecular weight is 353 g/mol. The Bertz CT molecular complexity index is 990. The molecule has 0 bridgehead atoms. The lowest BCUT2D eigenvalue weighted by molar-refractivity contribution is -0.141. The number of benzene rings is 1. The van der Waals surface area contributed by atoms with Crippen LogP contribution in [0.3, 0.4) is 0 Å². The molecule has 1 saturated heterocycles. The van der Waals surface area contributed by atoms with Crippen LogP contribution in [-0.4, -0.2) is 44.9 Å². The van der Waals surface area contributed by atoms with E-state index in [1.54, 1.807) is 17.3 Å². The van der Waals surface area contributed by atoms with Gasteiger partial charge in [0.05, 0.1) is 5.92 Å². The Morgan fingerprint density at radius 2 is 2.12 bits per heavy atom. The molecule has 1 aliphatic rings. The Labute approximate surface area is 149 Å². The normalized spacial score (nSPS) is 20.0. The van der Waals surface area contributed by atoms with Gasteiger partial charge in [-0.25, -0.2) is 4.98 Å². The molecular weight excluding hydrogens is 334 g/mol. The zero-order chi connectivity index (χ0) is 18.4. The van der Waals surface area contributed by atoms with Gasteiger partial charge in [0.2, 0.25) is 0 Å². The van der Waals surface area contributed by atoms with Crippen LogP contribution < -0.4 is 0 Å². The average Bonchev–Trinajstić information content (AvgIpc) is 3.32. The van der Waals surface area contributed by atoms with Crippen LogP contribution in [0, 0.1) is 19.8 Å². The first-order chi connectivity index (χ1) is 12.5. The van der Waals surface area contributed by atoms with Crippen molar-refractivity contribution < 1.29 is 19.1 Å². The summed E-state index contributed by atoms with van der Waals surface area (Å²) in [5.74, 6) is -1.41. The first-order valence-corrected chi connectivity index (χ1v) is 8.47. The number of aryl methyl sites for hydroxylation is 2. The Morgan fingerprint density at radius 3 is 2.81 bits per heavy atom. The summed E-state index contributed by atoms with van der Waals surface area (Å²) < 4.78 is 5.81. The minimum Gasteiger partial charge on any atom is -0.481 e. The summed E-state index contributed by atoms with van der Waals surface area (Å²) in [7, 11) is 0. The molecule has 134 valence electrons. The monoisotopic (exact) mass is 353 g/mol. The SMILES string of the molecule is Cc1ccc2c(C)c(C(=O)N3C[C@H](C(=O)O)[C@@H](c4ncc[nH]4)C3)oc2c1.